The fourth-order valence-corrected chi connectivity index (χ4v) is 1.21. The first kappa shape index (κ1) is 9.98. The molecule has 0 aromatic rings. The number of nitrogens with one attached hydrogen (secondary N) is 2. The zero-order valence-electron chi connectivity index (χ0n) is 7.67. The summed E-state index contributed by atoms with van der Waals surface area (Å²) in [5.41, 5.74) is 5.35. The maximum atomic E-state index is 11.4. The van der Waals surface area contributed by atoms with Gasteiger partial charge in [0.1, 0.15) is 0 Å². The van der Waals surface area contributed by atoms with Crippen molar-refractivity contribution in [3.05, 3.63) is 0 Å². The largest absolute Gasteiger partial charge is 0.355 e. The Morgan fingerprint density at radius 2 is 2.54 bits per heavy atom. The highest BCUT2D eigenvalue weighted by Gasteiger charge is 2.28. The van der Waals surface area contributed by atoms with E-state index in [0.29, 0.717) is 19.5 Å². The molecule has 0 saturated carbocycles. The normalized spacial score (nSPS) is 23.8. The maximum Gasteiger partial charge on any atom is 0.225 e. The van der Waals surface area contributed by atoms with Crippen LogP contribution in [-0.2, 0) is 9.59 Å². The molecule has 0 aromatic carbocycles. The van der Waals surface area contributed by atoms with Gasteiger partial charge in [0.25, 0.3) is 0 Å². The summed E-state index contributed by atoms with van der Waals surface area (Å²) in [6.45, 7) is 2.70. The molecule has 1 unspecified atom stereocenters. The lowest BCUT2D eigenvalue weighted by Crippen LogP contribution is -2.41. The molecular formula is C8H15N3O2. The molecular weight excluding hydrogens is 170 g/mol. The Bertz CT molecular complexity index is 217. The SMILES string of the molecule is C[C@H](CN)NC(=O)C1CNC(=O)C1. The van der Waals surface area contributed by atoms with E-state index in [4.69, 9.17) is 5.73 Å². The summed E-state index contributed by atoms with van der Waals surface area (Å²) in [6, 6.07) is -0.0248. The smallest absolute Gasteiger partial charge is 0.225 e. The molecule has 1 aliphatic rings. The minimum absolute atomic E-state index is 0.0248. The standard InChI is InChI=1S/C8H15N3O2/c1-5(3-9)11-8(13)6-2-7(12)10-4-6/h5-6H,2-4,9H2,1H3,(H,10,12)(H,11,13)/t5-,6?/m1/s1. The molecule has 13 heavy (non-hydrogen) atoms. The topological polar surface area (TPSA) is 84.2 Å². The van der Waals surface area contributed by atoms with Gasteiger partial charge in [0.2, 0.25) is 11.8 Å². The predicted molar refractivity (Wildman–Crippen MR) is 47.8 cm³/mol. The summed E-state index contributed by atoms with van der Waals surface area (Å²) in [6.07, 6.45) is 0.295. The maximum absolute atomic E-state index is 11.4. The van der Waals surface area contributed by atoms with Crippen LogP contribution in [0.2, 0.25) is 0 Å². The average Bonchev–Trinajstić information content (AvgIpc) is 2.51. The highest BCUT2D eigenvalue weighted by Crippen LogP contribution is 2.08. The summed E-state index contributed by atoms with van der Waals surface area (Å²) in [5, 5.41) is 5.35. The molecule has 5 heteroatoms. The van der Waals surface area contributed by atoms with Gasteiger partial charge >= 0.3 is 0 Å². The van der Waals surface area contributed by atoms with E-state index in [2.05, 4.69) is 10.6 Å². The number of carbonyl (C=O) groups excluding carboxylic acids is 2. The number of carbonyl (C=O) groups is 2. The molecule has 1 saturated heterocycles. The van der Waals surface area contributed by atoms with Gasteiger partial charge in [-0.25, -0.2) is 0 Å². The van der Waals surface area contributed by atoms with Gasteiger partial charge in [-0.2, -0.15) is 0 Å². The first-order chi connectivity index (χ1) is 6.13. The molecule has 2 atom stereocenters. The van der Waals surface area contributed by atoms with Crippen molar-refractivity contribution in [2.24, 2.45) is 11.7 Å². The summed E-state index contributed by atoms with van der Waals surface area (Å²) in [4.78, 5) is 22.2. The van der Waals surface area contributed by atoms with Crippen LogP contribution in [0.1, 0.15) is 13.3 Å². The molecule has 1 rings (SSSR count). The van der Waals surface area contributed by atoms with Crippen molar-refractivity contribution in [2.45, 2.75) is 19.4 Å². The lowest BCUT2D eigenvalue weighted by atomic mass is 10.1. The van der Waals surface area contributed by atoms with Crippen LogP contribution in [0.5, 0.6) is 0 Å². The Labute approximate surface area is 77.1 Å². The van der Waals surface area contributed by atoms with Crippen LogP contribution < -0.4 is 16.4 Å². The van der Waals surface area contributed by atoms with Crippen molar-refractivity contribution in [3.8, 4) is 0 Å². The molecule has 0 bridgehead atoms. The predicted octanol–water partition coefficient (Wildman–Crippen LogP) is -1.41. The first-order valence-electron chi connectivity index (χ1n) is 4.40. The lowest BCUT2D eigenvalue weighted by molar-refractivity contribution is -0.126. The second-order valence-corrected chi connectivity index (χ2v) is 3.35. The molecule has 2 amide bonds. The van der Waals surface area contributed by atoms with Crippen LogP contribution >= 0.6 is 0 Å². The Balaban J connectivity index is 2.35. The van der Waals surface area contributed by atoms with E-state index in [1.165, 1.54) is 0 Å². The van der Waals surface area contributed by atoms with Crippen LogP contribution in [0, 0.1) is 5.92 Å². The Kier molecular flexibility index (Phi) is 3.25. The van der Waals surface area contributed by atoms with Crippen molar-refractivity contribution >= 4 is 11.8 Å². The van der Waals surface area contributed by atoms with E-state index in [9.17, 15) is 9.59 Å². The highest BCUT2D eigenvalue weighted by molar-refractivity contribution is 5.89. The van der Waals surface area contributed by atoms with Gasteiger partial charge in [-0.05, 0) is 6.92 Å². The Morgan fingerprint density at radius 1 is 1.85 bits per heavy atom. The van der Waals surface area contributed by atoms with E-state index in [0.717, 1.165) is 0 Å². The van der Waals surface area contributed by atoms with E-state index in [-0.39, 0.29) is 23.8 Å². The third-order valence-corrected chi connectivity index (χ3v) is 2.09. The van der Waals surface area contributed by atoms with Crippen LogP contribution in [0.4, 0.5) is 0 Å². The Morgan fingerprint density at radius 3 is 3.00 bits per heavy atom. The molecule has 1 fully saturated rings. The summed E-state index contributed by atoms with van der Waals surface area (Å²) >= 11 is 0. The van der Waals surface area contributed by atoms with Crippen molar-refractivity contribution < 1.29 is 9.59 Å². The zero-order valence-corrected chi connectivity index (χ0v) is 7.67. The summed E-state index contributed by atoms with van der Waals surface area (Å²) in [7, 11) is 0. The van der Waals surface area contributed by atoms with E-state index >= 15 is 0 Å². The number of amides is 2. The van der Waals surface area contributed by atoms with Crippen LogP contribution in [-0.4, -0.2) is 30.9 Å². The van der Waals surface area contributed by atoms with Crippen LogP contribution in [0.15, 0.2) is 0 Å². The fraction of sp³-hybridized carbons (Fsp3) is 0.750. The fourth-order valence-electron chi connectivity index (χ4n) is 1.21. The lowest BCUT2D eigenvalue weighted by Gasteiger charge is -2.13. The van der Waals surface area contributed by atoms with E-state index < -0.39 is 0 Å². The second-order valence-electron chi connectivity index (χ2n) is 3.35. The number of hydrogen-bond acceptors (Lipinski definition) is 3. The zero-order chi connectivity index (χ0) is 9.84. The molecule has 1 aliphatic heterocycles. The number of nitrogens with two attached hydrogens (primary N) is 1. The number of hydrogen-bond donors (Lipinski definition) is 3. The van der Waals surface area contributed by atoms with Gasteiger partial charge in [-0.3, -0.25) is 9.59 Å². The van der Waals surface area contributed by atoms with Gasteiger partial charge in [-0.1, -0.05) is 0 Å². The molecule has 4 N–H and O–H groups in total. The second kappa shape index (κ2) is 4.23. The van der Waals surface area contributed by atoms with Crippen LogP contribution in [0.25, 0.3) is 0 Å². The van der Waals surface area contributed by atoms with E-state index in [1.54, 1.807) is 0 Å². The monoisotopic (exact) mass is 185 g/mol. The van der Waals surface area contributed by atoms with Gasteiger partial charge in [0, 0.05) is 25.6 Å². The summed E-state index contributed by atoms with van der Waals surface area (Å²) < 4.78 is 0. The van der Waals surface area contributed by atoms with Gasteiger partial charge in [0.15, 0.2) is 0 Å². The molecule has 5 nitrogen and oxygen atoms in total. The Hall–Kier alpha value is -1.10. The first-order valence-corrected chi connectivity index (χ1v) is 4.40. The van der Waals surface area contributed by atoms with Crippen molar-refractivity contribution in [3.63, 3.8) is 0 Å². The molecule has 74 valence electrons. The molecule has 0 aromatic heterocycles. The van der Waals surface area contributed by atoms with Gasteiger partial charge in [0.05, 0.1) is 5.92 Å². The third-order valence-electron chi connectivity index (χ3n) is 2.09. The molecule has 0 aliphatic carbocycles. The van der Waals surface area contributed by atoms with E-state index in [1.807, 2.05) is 6.92 Å². The molecule has 0 radical (unpaired) electrons. The average molecular weight is 185 g/mol. The molecule has 1 heterocycles. The quantitative estimate of drug-likeness (QED) is 0.505. The van der Waals surface area contributed by atoms with Gasteiger partial charge in [-0.15, -0.1) is 0 Å². The minimum atomic E-state index is -0.221. The minimum Gasteiger partial charge on any atom is -0.355 e. The number of rotatable bonds is 3. The van der Waals surface area contributed by atoms with Crippen molar-refractivity contribution in [1.29, 1.82) is 0 Å². The molecule has 0 spiro atoms. The van der Waals surface area contributed by atoms with Gasteiger partial charge < -0.3 is 16.4 Å². The van der Waals surface area contributed by atoms with Crippen molar-refractivity contribution in [2.75, 3.05) is 13.1 Å². The van der Waals surface area contributed by atoms with Crippen molar-refractivity contribution in [1.82, 2.24) is 10.6 Å². The summed E-state index contributed by atoms with van der Waals surface area (Å²) in [5.74, 6) is -0.363. The third kappa shape index (κ3) is 2.69. The highest BCUT2D eigenvalue weighted by atomic mass is 16.2. The van der Waals surface area contributed by atoms with Crippen LogP contribution in [0.3, 0.4) is 0 Å².